The molecule has 1 aromatic carbocycles. The Labute approximate surface area is 160 Å². The maximum absolute atomic E-state index is 12.7. The highest BCUT2D eigenvalue weighted by Gasteiger charge is 2.43. The summed E-state index contributed by atoms with van der Waals surface area (Å²) in [5, 5.41) is 11.6. The quantitative estimate of drug-likeness (QED) is 0.883. The van der Waals surface area contributed by atoms with E-state index in [2.05, 4.69) is 26.5 Å². The number of carbonyl (C=O) groups excluding carboxylic acids is 1. The molecule has 0 saturated carbocycles. The predicted molar refractivity (Wildman–Crippen MR) is 107 cm³/mol. The van der Waals surface area contributed by atoms with E-state index in [1.807, 2.05) is 49.1 Å². The Kier molecular flexibility index (Phi) is 4.72. The molecule has 2 aliphatic heterocycles. The number of aryl methyl sites for hydroxylation is 2. The summed E-state index contributed by atoms with van der Waals surface area (Å²) in [5.41, 5.74) is 3.11. The Hall–Kier alpha value is -2.63. The smallest absolute Gasteiger partial charge is 0.321 e. The molecule has 1 N–H and O–H groups in total. The van der Waals surface area contributed by atoms with Gasteiger partial charge in [0.05, 0.1) is 5.69 Å². The van der Waals surface area contributed by atoms with Gasteiger partial charge in [-0.1, -0.05) is 12.1 Å². The fourth-order valence-electron chi connectivity index (χ4n) is 4.33. The summed E-state index contributed by atoms with van der Waals surface area (Å²) in [6.07, 6.45) is 3.34. The second-order valence-electron chi connectivity index (χ2n) is 8.03. The first-order valence-electron chi connectivity index (χ1n) is 9.71. The van der Waals surface area contributed by atoms with Crippen molar-refractivity contribution in [2.75, 3.05) is 36.4 Å². The molecule has 27 heavy (non-hydrogen) atoms. The van der Waals surface area contributed by atoms with E-state index < -0.39 is 0 Å². The average Bonchev–Trinajstić information content (AvgIpc) is 3.06. The molecular formula is C21H27N5O. The Morgan fingerprint density at radius 2 is 1.96 bits per heavy atom. The Balaban J connectivity index is 1.41. The molecule has 142 valence electrons. The molecule has 2 fully saturated rings. The van der Waals surface area contributed by atoms with Gasteiger partial charge in [0, 0.05) is 37.3 Å². The number of rotatable bonds is 2. The zero-order valence-electron chi connectivity index (χ0n) is 16.1. The molecule has 2 saturated heterocycles. The Morgan fingerprint density at radius 1 is 1.07 bits per heavy atom. The molecule has 2 aromatic rings. The standard InChI is InChI=1S/C21H27N5O/c1-16-5-3-6-18(13-16)22-20(27)26-12-10-21(15-26)9-4-11-25(14-21)19-8-7-17(2)23-24-19/h3,5-8,13H,4,9-12,14-15H2,1-2H3,(H,22,27)/t21-/m1/s1. The number of urea groups is 1. The lowest BCUT2D eigenvalue weighted by atomic mass is 9.79. The van der Waals surface area contributed by atoms with Crippen LogP contribution in [0, 0.1) is 19.3 Å². The second kappa shape index (κ2) is 7.18. The zero-order chi connectivity index (χ0) is 18.9. The number of benzene rings is 1. The van der Waals surface area contributed by atoms with Crippen LogP contribution in [-0.2, 0) is 0 Å². The van der Waals surface area contributed by atoms with Crippen LogP contribution in [0.2, 0.25) is 0 Å². The molecule has 0 radical (unpaired) electrons. The first-order valence-corrected chi connectivity index (χ1v) is 9.71. The van der Waals surface area contributed by atoms with E-state index in [0.717, 1.165) is 68.2 Å². The predicted octanol–water partition coefficient (Wildman–Crippen LogP) is 3.62. The van der Waals surface area contributed by atoms with Gasteiger partial charge in [-0.2, -0.15) is 5.10 Å². The number of likely N-dealkylation sites (tertiary alicyclic amines) is 1. The van der Waals surface area contributed by atoms with Gasteiger partial charge in [0.15, 0.2) is 5.82 Å². The molecule has 6 heteroatoms. The minimum atomic E-state index is 0.00438. The molecule has 2 aliphatic rings. The third-order valence-electron chi connectivity index (χ3n) is 5.76. The Morgan fingerprint density at radius 3 is 2.74 bits per heavy atom. The van der Waals surface area contributed by atoms with Crippen LogP contribution in [0.3, 0.4) is 0 Å². The first-order chi connectivity index (χ1) is 13.0. The van der Waals surface area contributed by atoms with Crippen molar-refractivity contribution in [1.29, 1.82) is 0 Å². The summed E-state index contributed by atoms with van der Waals surface area (Å²) in [5.74, 6) is 0.947. The van der Waals surface area contributed by atoms with Crippen LogP contribution in [-0.4, -0.2) is 47.3 Å². The fourth-order valence-corrected chi connectivity index (χ4v) is 4.33. The summed E-state index contributed by atoms with van der Waals surface area (Å²) in [7, 11) is 0. The van der Waals surface area contributed by atoms with Gasteiger partial charge >= 0.3 is 6.03 Å². The molecular weight excluding hydrogens is 338 g/mol. The van der Waals surface area contributed by atoms with Crippen molar-refractivity contribution in [2.24, 2.45) is 5.41 Å². The van der Waals surface area contributed by atoms with Gasteiger partial charge in [-0.3, -0.25) is 0 Å². The second-order valence-corrected chi connectivity index (χ2v) is 8.03. The van der Waals surface area contributed by atoms with Crippen LogP contribution in [0.15, 0.2) is 36.4 Å². The SMILES string of the molecule is Cc1cccc(NC(=O)N2CC[C@@]3(CCCN(c4ccc(C)nn4)C3)C2)c1. The number of piperidine rings is 1. The maximum atomic E-state index is 12.7. The first kappa shape index (κ1) is 17.8. The lowest BCUT2D eigenvalue weighted by Gasteiger charge is -2.40. The van der Waals surface area contributed by atoms with Crippen molar-refractivity contribution in [3.8, 4) is 0 Å². The number of amides is 2. The van der Waals surface area contributed by atoms with Crippen molar-refractivity contribution < 1.29 is 4.79 Å². The summed E-state index contributed by atoms with van der Waals surface area (Å²) in [6.45, 7) is 7.56. The van der Waals surface area contributed by atoms with Crippen molar-refractivity contribution in [3.05, 3.63) is 47.7 Å². The lowest BCUT2D eigenvalue weighted by molar-refractivity contribution is 0.203. The topological polar surface area (TPSA) is 61.4 Å². The van der Waals surface area contributed by atoms with Crippen molar-refractivity contribution in [3.63, 3.8) is 0 Å². The highest BCUT2D eigenvalue weighted by atomic mass is 16.2. The molecule has 1 spiro atoms. The number of carbonyl (C=O) groups is 1. The fraction of sp³-hybridized carbons (Fsp3) is 0.476. The number of nitrogens with zero attached hydrogens (tertiary/aromatic N) is 4. The largest absolute Gasteiger partial charge is 0.355 e. The van der Waals surface area contributed by atoms with Gasteiger partial charge in [0.25, 0.3) is 0 Å². The monoisotopic (exact) mass is 365 g/mol. The van der Waals surface area contributed by atoms with Crippen LogP contribution in [0.5, 0.6) is 0 Å². The molecule has 4 rings (SSSR count). The lowest BCUT2D eigenvalue weighted by Crippen LogP contribution is -2.46. The zero-order valence-corrected chi connectivity index (χ0v) is 16.1. The minimum Gasteiger partial charge on any atom is -0.355 e. The third kappa shape index (κ3) is 3.89. The van der Waals surface area contributed by atoms with Crippen LogP contribution in [0.25, 0.3) is 0 Å². The molecule has 3 heterocycles. The average molecular weight is 365 g/mol. The molecule has 0 aliphatic carbocycles. The maximum Gasteiger partial charge on any atom is 0.321 e. The van der Waals surface area contributed by atoms with Crippen LogP contribution < -0.4 is 10.2 Å². The molecule has 1 atom stereocenters. The Bertz CT molecular complexity index is 822. The normalized spacial score (nSPS) is 22.3. The molecule has 0 unspecified atom stereocenters. The number of nitrogens with one attached hydrogen (secondary N) is 1. The highest BCUT2D eigenvalue weighted by Crippen LogP contribution is 2.40. The van der Waals surface area contributed by atoms with Gasteiger partial charge in [-0.15, -0.1) is 5.10 Å². The van der Waals surface area contributed by atoms with Crippen LogP contribution in [0.1, 0.15) is 30.5 Å². The summed E-state index contributed by atoms with van der Waals surface area (Å²) < 4.78 is 0. The van der Waals surface area contributed by atoms with Crippen molar-refractivity contribution in [1.82, 2.24) is 15.1 Å². The van der Waals surface area contributed by atoms with E-state index in [4.69, 9.17) is 0 Å². The van der Waals surface area contributed by atoms with Crippen molar-refractivity contribution in [2.45, 2.75) is 33.1 Å². The number of hydrogen-bond donors (Lipinski definition) is 1. The van der Waals surface area contributed by atoms with E-state index in [1.54, 1.807) is 0 Å². The van der Waals surface area contributed by atoms with E-state index >= 15 is 0 Å². The summed E-state index contributed by atoms with van der Waals surface area (Å²) >= 11 is 0. The van der Waals surface area contributed by atoms with Crippen LogP contribution in [0.4, 0.5) is 16.3 Å². The van der Waals surface area contributed by atoms with Crippen molar-refractivity contribution >= 4 is 17.5 Å². The van der Waals surface area contributed by atoms with E-state index in [-0.39, 0.29) is 11.4 Å². The van der Waals surface area contributed by atoms with E-state index in [9.17, 15) is 4.79 Å². The minimum absolute atomic E-state index is 0.00438. The number of hydrogen-bond acceptors (Lipinski definition) is 4. The van der Waals surface area contributed by atoms with Gasteiger partial charge in [-0.25, -0.2) is 4.79 Å². The van der Waals surface area contributed by atoms with Gasteiger partial charge in [-0.05, 0) is 62.9 Å². The highest BCUT2D eigenvalue weighted by molar-refractivity contribution is 5.89. The van der Waals surface area contributed by atoms with Gasteiger partial charge in [0.2, 0.25) is 0 Å². The van der Waals surface area contributed by atoms with Gasteiger partial charge in [0.1, 0.15) is 0 Å². The van der Waals surface area contributed by atoms with E-state index in [0.29, 0.717) is 0 Å². The summed E-state index contributed by atoms with van der Waals surface area (Å²) in [4.78, 5) is 17.0. The van der Waals surface area contributed by atoms with Crippen LogP contribution >= 0.6 is 0 Å². The molecule has 1 aromatic heterocycles. The summed E-state index contributed by atoms with van der Waals surface area (Å²) in [6, 6.07) is 12.0. The number of aromatic nitrogens is 2. The molecule has 2 amide bonds. The third-order valence-corrected chi connectivity index (χ3v) is 5.76. The molecule has 6 nitrogen and oxygen atoms in total. The van der Waals surface area contributed by atoms with E-state index in [1.165, 1.54) is 0 Å². The van der Waals surface area contributed by atoms with Gasteiger partial charge < -0.3 is 15.1 Å². The number of anilines is 2. The molecule has 0 bridgehead atoms.